The molecule has 1 heterocycles. The van der Waals surface area contributed by atoms with E-state index < -0.39 is 12.0 Å². The van der Waals surface area contributed by atoms with E-state index in [4.69, 9.17) is 5.11 Å². The van der Waals surface area contributed by atoms with Crippen LogP contribution in [0.1, 0.15) is 13.3 Å². The van der Waals surface area contributed by atoms with E-state index in [9.17, 15) is 4.79 Å². The molecule has 0 spiro atoms. The predicted molar refractivity (Wildman–Crippen MR) is 68.9 cm³/mol. The Bertz CT molecular complexity index is 523. The SMILES string of the molecule is CCC(Nc1cccc(-n2ccnc2)c1)C(=O)O. The van der Waals surface area contributed by atoms with Gasteiger partial charge in [-0.05, 0) is 24.6 Å². The molecule has 0 fully saturated rings. The van der Waals surface area contributed by atoms with Gasteiger partial charge < -0.3 is 15.0 Å². The summed E-state index contributed by atoms with van der Waals surface area (Å²) in [5.41, 5.74) is 1.73. The highest BCUT2D eigenvalue weighted by Crippen LogP contribution is 2.16. The summed E-state index contributed by atoms with van der Waals surface area (Å²) in [6.07, 6.45) is 5.78. The second-order valence-electron chi connectivity index (χ2n) is 3.96. The molecule has 0 amide bonds. The predicted octanol–water partition coefficient (Wildman–Crippen LogP) is 2.15. The van der Waals surface area contributed by atoms with Crippen LogP contribution in [0.4, 0.5) is 5.69 Å². The van der Waals surface area contributed by atoms with Crippen LogP contribution in [0.15, 0.2) is 43.0 Å². The number of carbonyl (C=O) groups is 1. The number of imidazole rings is 1. The lowest BCUT2D eigenvalue weighted by atomic mass is 10.2. The van der Waals surface area contributed by atoms with E-state index in [0.29, 0.717) is 6.42 Å². The highest BCUT2D eigenvalue weighted by atomic mass is 16.4. The van der Waals surface area contributed by atoms with Crippen molar-refractivity contribution in [2.24, 2.45) is 0 Å². The molecule has 1 aromatic heterocycles. The summed E-state index contributed by atoms with van der Waals surface area (Å²) >= 11 is 0. The van der Waals surface area contributed by atoms with E-state index in [-0.39, 0.29) is 0 Å². The number of anilines is 1. The Morgan fingerprint density at radius 1 is 1.56 bits per heavy atom. The lowest BCUT2D eigenvalue weighted by Gasteiger charge is -2.14. The number of aliphatic carboxylic acids is 1. The van der Waals surface area contributed by atoms with Crippen molar-refractivity contribution in [2.75, 3.05) is 5.32 Å². The minimum atomic E-state index is -0.842. The highest BCUT2D eigenvalue weighted by Gasteiger charge is 2.14. The van der Waals surface area contributed by atoms with Gasteiger partial charge in [0.1, 0.15) is 6.04 Å². The first-order valence-corrected chi connectivity index (χ1v) is 5.78. The number of rotatable bonds is 5. The maximum absolute atomic E-state index is 11.0. The largest absolute Gasteiger partial charge is 0.480 e. The average molecular weight is 245 g/mol. The standard InChI is InChI=1S/C13H15N3O2/c1-2-12(13(17)18)15-10-4-3-5-11(8-10)16-7-6-14-9-16/h3-9,12,15H,2H2,1H3,(H,17,18). The Morgan fingerprint density at radius 2 is 2.39 bits per heavy atom. The maximum atomic E-state index is 11.0. The first kappa shape index (κ1) is 12.2. The zero-order valence-electron chi connectivity index (χ0n) is 10.1. The molecule has 0 saturated heterocycles. The normalized spacial score (nSPS) is 12.1. The molecule has 1 atom stereocenters. The molecule has 0 saturated carbocycles. The molecule has 1 aromatic carbocycles. The van der Waals surface area contributed by atoms with Gasteiger partial charge in [-0.25, -0.2) is 9.78 Å². The molecule has 5 nitrogen and oxygen atoms in total. The lowest BCUT2D eigenvalue weighted by molar-refractivity contribution is -0.137. The summed E-state index contributed by atoms with van der Waals surface area (Å²) in [6, 6.07) is 7.00. The zero-order chi connectivity index (χ0) is 13.0. The molecule has 0 bridgehead atoms. The summed E-state index contributed by atoms with van der Waals surface area (Å²) in [4.78, 5) is 15.0. The molecule has 0 aliphatic carbocycles. The molecule has 2 rings (SSSR count). The Balaban J connectivity index is 2.20. The third-order valence-electron chi connectivity index (χ3n) is 2.70. The molecule has 2 N–H and O–H groups in total. The van der Waals surface area contributed by atoms with Crippen LogP contribution in [-0.4, -0.2) is 26.7 Å². The van der Waals surface area contributed by atoms with E-state index in [1.165, 1.54) is 0 Å². The summed E-state index contributed by atoms with van der Waals surface area (Å²) < 4.78 is 1.87. The van der Waals surface area contributed by atoms with Crippen LogP contribution in [0.5, 0.6) is 0 Å². The summed E-state index contributed by atoms with van der Waals surface area (Å²) in [7, 11) is 0. The van der Waals surface area contributed by atoms with Gasteiger partial charge in [0.05, 0.1) is 6.33 Å². The minimum absolute atomic E-state index is 0.532. The van der Waals surface area contributed by atoms with Crippen LogP contribution in [0.2, 0.25) is 0 Å². The summed E-state index contributed by atoms with van der Waals surface area (Å²) in [6.45, 7) is 1.84. The maximum Gasteiger partial charge on any atom is 0.326 e. The minimum Gasteiger partial charge on any atom is -0.480 e. The number of carboxylic acid groups (broad SMARTS) is 1. The Labute approximate surface area is 105 Å². The zero-order valence-corrected chi connectivity index (χ0v) is 10.1. The number of carboxylic acids is 1. The molecular formula is C13H15N3O2. The van der Waals surface area contributed by atoms with E-state index in [1.54, 1.807) is 12.5 Å². The molecule has 2 aromatic rings. The van der Waals surface area contributed by atoms with Crippen LogP contribution >= 0.6 is 0 Å². The topological polar surface area (TPSA) is 67.2 Å². The van der Waals surface area contributed by atoms with Gasteiger partial charge in [0.25, 0.3) is 0 Å². The molecule has 94 valence electrons. The highest BCUT2D eigenvalue weighted by molar-refractivity contribution is 5.77. The fraction of sp³-hybridized carbons (Fsp3) is 0.231. The van der Waals surface area contributed by atoms with Crippen molar-refractivity contribution in [3.05, 3.63) is 43.0 Å². The first-order valence-electron chi connectivity index (χ1n) is 5.78. The smallest absolute Gasteiger partial charge is 0.326 e. The van der Waals surface area contributed by atoms with E-state index >= 15 is 0 Å². The van der Waals surface area contributed by atoms with Gasteiger partial charge in [-0.2, -0.15) is 0 Å². The number of hydrogen-bond acceptors (Lipinski definition) is 3. The van der Waals surface area contributed by atoms with Crippen molar-refractivity contribution in [3.63, 3.8) is 0 Å². The van der Waals surface area contributed by atoms with Gasteiger partial charge in [-0.1, -0.05) is 13.0 Å². The molecular weight excluding hydrogens is 230 g/mol. The molecule has 1 unspecified atom stereocenters. The van der Waals surface area contributed by atoms with Crippen LogP contribution in [-0.2, 0) is 4.79 Å². The van der Waals surface area contributed by atoms with Gasteiger partial charge in [0.2, 0.25) is 0 Å². The molecule has 0 aliphatic heterocycles. The molecule has 5 heteroatoms. The number of nitrogens with one attached hydrogen (secondary N) is 1. The number of aromatic nitrogens is 2. The van der Waals surface area contributed by atoms with Crippen LogP contribution < -0.4 is 5.32 Å². The second-order valence-corrected chi connectivity index (χ2v) is 3.96. The molecule has 0 radical (unpaired) electrons. The Kier molecular flexibility index (Phi) is 3.62. The Hall–Kier alpha value is -2.30. The van der Waals surface area contributed by atoms with Crippen molar-refractivity contribution in [2.45, 2.75) is 19.4 Å². The van der Waals surface area contributed by atoms with E-state index in [0.717, 1.165) is 11.4 Å². The first-order chi connectivity index (χ1) is 8.70. The van der Waals surface area contributed by atoms with Crippen LogP contribution in [0.25, 0.3) is 5.69 Å². The summed E-state index contributed by atoms with van der Waals surface area (Å²) in [5.74, 6) is -0.842. The van der Waals surface area contributed by atoms with Gasteiger partial charge in [-0.3, -0.25) is 0 Å². The third-order valence-corrected chi connectivity index (χ3v) is 2.70. The fourth-order valence-corrected chi connectivity index (χ4v) is 1.71. The summed E-state index contributed by atoms with van der Waals surface area (Å²) in [5, 5.41) is 12.0. The molecule has 0 aliphatic rings. The van der Waals surface area contributed by atoms with Crippen molar-refractivity contribution in [3.8, 4) is 5.69 Å². The Morgan fingerprint density at radius 3 is 3.00 bits per heavy atom. The van der Waals surface area contributed by atoms with Crippen LogP contribution in [0.3, 0.4) is 0 Å². The molecule has 18 heavy (non-hydrogen) atoms. The van der Waals surface area contributed by atoms with Crippen molar-refractivity contribution in [1.82, 2.24) is 9.55 Å². The average Bonchev–Trinajstić information content (AvgIpc) is 2.90. The number of nitrogens with zero attached hydrogens (tertiary/aromatic N) is 2. The van der Waals surface area contributed by atoms with Gasteiger partial charge >= 0.3 is 5.97 Å². The third kappa shape index (κ3) is 2.68. The van der Waals surface area contributed by atoms with Gasteiger partial charge in [0.15, 0.2) is 0 Å². The van der Waals surface area contributed by atoms with Gasteiger partial charge in [-0.15, -0.1) is 0 Å². The number of hydrogen-bond donors (Lipinski definition) is 2. The second kappa shape index (κ2) is 5.35. The van der Waals surface area contributed by atoms with Crippen molar-refractivity contribution >= 4 is 11.7 Å². The van der Waals surface area contributed by atoms with Crippen LogP contribution in [0, 0.1) is 0 Å². The van der Waals surface area contributed by atoms with Crippen molar-refractivity contribution in [1.29, 1.82) is 0 Å². The lowest BCUT2D eigenvalue weighted by Crippen LogP contribution is -2.28. The van der Waals surface area contributed by atoms with Gasteiger partial charge in [0, 0.05) is 23.8 Å². The van der Waals surface area contributed by atoms with Crippen molar-refractivity contribution < 1.29 is 9.90 Å². The van der Waals surface area contributed by atoms with E-state index in [2.05, 4.69) is 10.3 Å². The quantitative estimate of drug-likeness (QED) is 0.847. The monoisotopic (exact) mass is 245 g/mol. The fourth-order valence-electron chi connectivity index (χ4n) is 1.71. The number of benzene rings is 1. The van der Waals surface area contributed by atoms with E-state index in [1.807, 2.05) is 42.0 Å².